The Hall–Kier alpha value is -7.40. The van der Waals surface area contributed by atoms with Crippen molar-refractivity contribution in [1.29, 1.82) is 0 Å². The SMILES string of the molecule is CC(=O)NCCN1CCN(c2cc(Cl)cc3[nH]ccc23)CC1.CN1CNC(=O)C12CCN(c1cc(Cl)cc3[nH]ccc13)CC2.CNC(=O)NC1CCN(c2cc(Cl)cc3[nH]ncc23)CC1.Cc1c2c(nn1C)CCN(c1cc(Cl)cc3[nH]ncc13)C2. The number of nitrogens with one attached hydrogen (secondary N) is 8. The molecule has 0 saturated carbocycles. The molecule has 5 aliphatic rings. The number of halogens is 4. The van der Waals surface area contributed by atoms with Crippen LogP contribution in [-0.4, -0.2) is 172 Å². The summed E-state index contributed by atoms with van der Waals surface area (Å²) in [5, 5.41) is 37.7. The molecule has 14 rings (SSSR count). The van der Waals surface area contributed by atoms with E-state index in [2.05, 4.69) is 105 Å². The maximum Gasteiger partial charge on any atom is 0.314 e. The number of benzene rings is 4. The largest absolute Gasteiger partial charge is 0.371 e. The van der Waals surface area contributed by atoms with E-state index in [0.29, 0.717) is 18.2 Å². The maximum absolute atomic E-state index is 12.2. The Morgan fingerprint density at radius 1 is 0.663 bits per heavy atom. The Bertz CT molecular complexity index is 3870. The zero-order valence-corrected chi connectivity index (χ0v) is 52.1. The molecule has 4 fully saturated rings. The molecule has 454 valence electrons. The van der Waals surface area contributed by atoms with E-state index in [1.54, 1.807) is 14.0 Å². The van der Waals surface area contributed by atoms with E-state index in [1.165, 1.54) is 33.4 Å². The minimum atomic E-state index is -0.327. The van der Waals surface area contributed by atoms with Gasteiger partial charge in [0, 0.05) is 211 Å². The molecule has 4 saturated heterocycles. The van der Waals surface area contributed by atoms with Gasteiger partial charge < -0.3 is 50.8 Å². The van der Waals surface area contributed by atoms with Crippen molar-refractivity contribution in [2.24, 2.45) is 7.05 Å². The lowest BCUT2D eigenvalue weighted by molar-refractivity contribution is -0.127. The number of aromatic amines is 4. The molecule has 0 unspecified atom stereocenters. The highest BCUT2D eigenvalue weighted by Crippen LogP contribution is 2.39. The number of carbonyl (C=O) groups excluding carboxylic acids is 3. The Morgan fingerprint density at radius 3 is 1.70 bits per heavy atom. The first kappa shape index (κ1) is 60.3. The summed E-state index contributed by atoms with van der Waals surface area (Å²) in [7, 11) is 5.66. The topological polar surface area (TPSA) is 226 Å². The number of amides is 4. The summed E-state index contributed by atoms with van der Waals surface area (Å²) in [6.45, 7) is 15.2. The van der Waals surface area contributed by atoms with E-state index in [-0.39, 0.29) is 29.4 Å². The van der Waals surface area contributed by atoms with Crippen molar-refractivity contribution >= 4 is 131 Å². The number of rotatable bonds is 8. The van der Waals surface area contributed by atoms with Crippen molar-refractivity contribution in [3.63, 3.8) is 0 Å². The summed E-state index contributed by atoms with van der Waals surface area (Å²) < 4.78 is 1.97. The number of nitrogens with zero attached hydrogens (tertiary/aromatic N) is 10. The van der Waals surface area contributed by atoms with Gasteiger partial charge in [0.1, 0.15) is 5.54 Å². The third kappa shape index (κ3) is 13.1. The Morgan fingerprint density at radius 2 is 1.17 bits per heavy atom. The summed E-state index contributed by atoms with van der Waals surface area (Å²) in [6.07, 6.45) is 12.1. The lowest BCUT2D eigenvalue weighted by atomic mass is 9.86. The second kappa shape index (κ2) is 26.3. The van der Waals surface area contributed by atoms with Gasteiger partial charge in [0.05, 0.1) is 35.8 Å². The van der Waals surface area contributed by atoms with Crippen LogP contribution in [0.4, 0.5) is 27.5 Å². The second-order valence-corrected chi connectivity index (χ2v) is 24.5. The fourth-order valence-corrected chi connectivity index (χ4v) is 13.5. The molecule has 0 aliphatic carbocycles. The molecule has 9 aromatic rings. The van der Waals surface area contributed by atoms with Crippen molar-refractivity contribution in [3.8, 4) is 0 Å². The van der Waals surface area contributed by atoms with Gasteiger partial charge in [-0.3, -0.25) is 34.3 Å². The third-order valence-corrected chi connectivity index (χ3v) is 18.4. The molecule has 0 radical (unpaired) electrons. The van der Waals surface area contributed by atoms with E-state index < -0.39 is 0 Å². The van der Waals surface area contributed by atoms with Gasteiger partial charge in [0.2, 0.25) is 11.8 Å². The molecule has 8 N–H and O–H groups in total. The fraction of sp³-hybridized carbons (Fsp3) is 0.410. The zero-order chi connectivity index (χ0) is 60.2. The van der Waals surface area contributed by atoms with Gasteiger partial charge in [0.15, 0.2) is 0 Å². The highest BCUT2D eigenvalue weighted by atomic mass is 35.5. The number of carbonyl (C=O) groups is 3. The molecular weight excluding hydrogens is 1170 g/mol. The van der Waals surface area contributed by atoms with Crippen molar-refractivity contribution < 1.29 is 14.4 Å². The van der Waals surface area contributed by atoms with Gasteiger partial charge in [-0.2, -0.15) is 15.3 Å². The Balaban J connectivity index is 0.000000119. The summed E-state index contributed by atoms with van der Waals surface area (Å²) >= 11 is 24.9. The van der Waals surface area contributed by atoms with Crippen LogP contribution in [0.25, 0.3) is 43.6 Å². The number of piperazine rings is 1. The molecule has 1 spiro atoms. The van der Waals surface area contributed by atoms with Crippen LogP contribution in [0.1, 0.15) is 49.6 Å². The average Bonchev–Trinajstić information content (AvgIpc) is 4.24. The lowest BCUT2D eigenvalue weighted by Crippen LogP contribution is -2.55. The summed E-state index contributed by atoms with van der Waals surface area (Å²) in [4.78, 5) is 54.8. The van der Waals surface area contributed by atoms with Gasteiger partial charge in [-0.05, 0) is 100 Å². The number of piperidine rings is 2. The van der Waals surface area contributed by atoms with E-state index in [4.69, 9.17) is 46.4 Å². The van der Waals surface area contributed by atoms with E-state index >= 15 is 0 Å². The molecule has 4 amide bonds. The summed E-state index contributed by atoms with van der Waals surface area (Å²) in [5.41, 5.74) is 12.1. The molecule has 5 aromatic heterocycles. The number of aromatic nitrogens is 8. The lowest BCUT2D eigenvalue weighted by Gasteiger charge is -2.42. The Labute approximate surface area is 519 Å². The first-order chi connectivity index (χ1) is 41.5. The molecule has 0 bridgehead atoms. The van der Waals surface area contributed by atoms with Crippen LogP contribution in [0.3, 0.4) is 0 Å². The molecule has 10 heterocycles. The molecule has 0 atom stereocenters. The standard InChI is InChI=1S/C16H19ClN4O.C16H21ClN4O.C15H16ClN5.C14H18ClN5O/c1-20-10-19-15(22)16(20)3-6-21(7-4-16)14-9-11(17)8-13-12(14)2-5-18-13;1-12(22)18-4-5-20-6-8-21(9-7-20)16-11-13(17)10-15-14(16)2-3-19-15;1-9-12-8-21(4-3-13(12)19-20(9)2)15-6-10(16)5-14-11(15)7-17-18-14;1-16-14(21)18-10-2-4-20(5-3-10)13-7-9(15)6-12-11(13)8-17-19-12/h2,5,8-9,18H,3-4,6-7,10H2,1H3,(H,19,22);2-3,10-11,19H,4-9H2,1H3,(H,18,22);5-7H,3-4,8H2,1-2H3,(H,17,18);6-8,10H,2-5H2,1H3,(H,17,19)(H2,16,18,21). The minimum absolute atomic E-state index is 0.0346. The summed E-state index contributed by atoms with van der Waals surface area (Å²) in [6, 6.07) is 20.1. The first-order valence-corrected chi connectivity index (χ1v) is 30.8. The highest BCUT2D eigenvalue weighted by Gasteiger charge is 2.48. The zero-order valence-electron chi connectivity index (χ0n) is 49.1. The van der Waals surface area contributed by atoms with Crippen LogP contribution >= 0.6 is 46.4 Å². The van der Waals surface area contributed by atoms with Gasteiger partial charge >= 0.3 is 6.03 Å². The number of fused-ring (bicyclic) bond motifs is 5. The smallest absolute Gasteiger partial charge is 0.314 e. The summed E-state index contributed by atoms with van der Waals surface area (Å²) in [5.74, 6) is 0.208. The number of hydrogen-bond donors (Lipinski definition) is 8. The minimum Gasteiger partial charge on any atom is -0.371 e. The predicted molar refractivity (Wildman–Crippen MR) is 347 cm³/mol. The van der Waals surface area contributed by atoms with Gasteiger partial charge in [-0.25, -0.2) is 4.79 Å². The van der Waals surface area contributed by atoms with Crippen LogP contribution in [0, 0.1) is 6.92 Å². The van der Waals surface area contributed by atoms with E-state index in [0.717, 1.165) is 169 Å². The number of hydrogen-bond acceptors (Lipinski definition) is 12. The van der Waals surface area contributed by atoms with Crippen LogP contribution in [-0.2, 0) is 29.6 Å². The molecule has 86 heavy (non-hydrogen) atoms. The average molecular weight is 1250 g/mol. The quantitative estimate of drug-likeness (QED) is 0.0713. The number of likely N-dealkylation sites (N-methyl/N-ethyl adjacent to an activating group) is 1. The predicted octanol–water partition coefficient (Wildman–Crippen LogP) is 9.19. The van der Waals surface area contributed by atoms with Crippen LogP contribution < -0.4 is 40.9 Å². The van der Waals surface area contributed by atoms with Crippen LogP contribution in [0.2, 0.25) is 20.1 Å². The second-order valence-electron chi connectivity index (χ2n) is 22.7. The third-order valence-electron chi connectivity index (χ3n) is 17.6. The van der Waals surface area contributed by atoms with Gasteiger partial charge in [0.25, 0.3) is 0 Å². The van der Waals surface area contributed by atoms with Crippen LogP contribution in [0.5, 0.6) is 0 Å². The number of H-pyrrole nitrogens is 4. The van der Waals surface area contributed by atoms with E-state index in [9.17, 15) is 14.4 Å². The maximum atomic E-state index is 12.2. The fourth-order valence-electron chi connectivity index (χ4n) is 12.6. The van der Waals surface area contributed by atoms with Gasteiger partial charge in [-0.1, -0.05) is 46.4 Å². The van der Waals surface area contributed by atoms with Crippen molar-refractivity contribution in [1.82, 2.24) is 71.2 Å². The Kier molecular flexibility index (Phi) is 18.4. The van der Waals surface area contributed by atoms with Crippen LogP contribution in [0.15, 0.2) is 85.5 Å². The van der Waals surface area contributed by atoms with Gasteiger partial charge in [-0.15, -0.1) is 0 Å². The molecular formula is C61H74Cl4N18O3. The number of urea groups is 1. The normalized spacial score (nSPS) is 17.2. The van der Waals surface area contributed by atoms with E-state index in [1.807, 2.05) is 92.1 Å². The number of aryl methyl sites for hydroxylation is 1. The van der Waals surface area contributed by atoms with Crippen molar-refractivity contribution in [2.45, 2.75) is 64.1 Å². The molecule has 21 nitrogen and oxygen atoms in total. The van der Waals surface area contributed by atoms with Crippen molar-refractivity contribution in [3.05, 3.63) is 122 Å². The van der Waals surface area contributed by atoms with Crippen molar-refractivity contribution in [2.75, 3.05) is 112 Å². The monoisotopic (exact) mass is 1250 g/mol. The first-order valence-electron chi connectivity index (χ1n) is 29.3. The molecule has 4 aromatic carbocycles. The number of anilines is 4. The molecule has 5 aliphatic heterocycles. The highest BCUT2D eigenvalue weighted by molar-refractivity contribution is 6.33. The molecule has 25 heteroatoms.